The number of para-hydroxylation sites is 1. The van der Waals surface area contributed by atoms with Crippen molar-refractivity contribution in [2.45, 2.75) is 6.54 Å². The summed E-state index contributed by atoms with van der Waals surface area (Å²) in [6.45, 7) is 2.77. The predicted molar refractivity (Wildman–Crippen MR) is 128 cm³/mol. The van der Waals surface area contributed by atoms with Crippen LogP contribution in [0.25, 0.3) is 31.4 Å². The standard InChI is InChI=1S/C27H18N3S.Pt/c1-2-9-21(10-3-1)30-17-16-29(19-30)18-20-8-6-14-25(28-20)24-13-7-12-23-22-11-4-5-15-26(22)31-27(23)24;/h1-9,11-12,14-17,19H,18H2;/q-3;. The van der Waals surface area contributed by atoms with Gasteiger partial charge in [0, 0.05) is 38.0 Å². The van der Waals surface area contributed by atoms with Crippen LogP contribution in [0.5, 0.6) is 0 Å². The molecule has 5 aromatic rings. The van der Waals surface area contributed by atoms with Crippen molar-refractivity contribution in [3.8, 4) is 11.3 Å². The molecule has 0 aliphatic carbocycles. The molecule has 0 bridgehead atoms. The summed E-state index contributed by atoms with van der Waals surface area (Å²) in [5.74, 6) is 0. The number of benzene rings is 3. The maximum absolute atomic E-state index is 4.98. The van der Waals surface area contributed by atoms with Crippen molar-refractivity contribution in [2.24, 2.45) is 0 Å². The zero-order valence-corrected chi connectivity index (χ0v) is 20.1. The Labute approximate surface area is 205 Å². The minimum atomic E-state index is 0. The van der Waals surface area contributed by atoms with E-state index in [9.17, 15) is 0 Å². The van der Waals surface area contributed by atoms with Crippen LogP contribution in [0.4, 0.5) is 5.69 Å². The van der Waals surface area contributed by atoms with Crippen LogP contribution in [0, 0.1) is 18.8 Å². The molecular formula is C27H18N3PtS-3. The van der Waals surface area contributed by atoms with E-state index in [4.69, 9.17) is 4.98 Å². The third-order valence-corrected chi connectivity index (χ3v) is 6.61. The second-order valence-corrected chi connectivity index (χ2v) is 8.50. The molecule has 0 radical (unpaired) electrons. The molecule has 2 aromatic heterocycles. The molecule has 0 fully saturated rings. The van der Waals surface area contributed by atoms with Gasteiger partial charge in [0.25, 0.3) is 0 Å². The van der Waals surface area contributed by atoms with E-state index in [2.05, 4.69) is 83.3 Å². The maximum Gasteiger partial charge on any atom is 0.0465 e. The number of fused-ring (bicyclic) bond motifs is 3. The molecule has 6 rings (SSSR count). The van der Waals surface area contributed by atoms with Crippen LogP contribution in [0.2, 0.25) is 0 Å². The van der Waals surface area contributed by atoms with Gasteiger partial charge in [0.05, 0.1) is 0 Å². The molecular weight excluding hydrogens is 593 g/mol. The van der Waals surface area contributed by atoms with Crippen LogP contribution in [0.1, 0.15) is 5.69 Å². The number of thiophene rings is 1. The minimum Gasteiger partial charge on any atom is -0.503 e. The summed E-state index contributed by atoms with van der Waals surface area (Å²) in [7, 11) is 0. The Morgan fingerprint density at radius 3 is 2.66 bits per heavy atom. The Balaban J connectivity index is 0.00000216. The molecule has 0 spiro atoms. The van der Waals surface area contributed by atoms with Crippen molar-refractivity contribution in [1.29, 1.82) is 0 Å². The molecule has 160 valence electrons. The summed E-state index contributed by atoms with van der Waals surface area (Å²) < 4.78 is 2.54. The molecule has 3 heterocycles. The first-order chi connectivity index (χ1) is 15.3. The van der Waals surface area contributed by atoms with Gasteiger partial charge in [-0.1, -0.05) is 35.7 Å². The zero-order chi connectivity index (χ0) is 20.6. The molecule has 0 N–H and O–H groups in total. The number of pyridine rings is 1. The van der Waals surface area contributed by atoms with Gasteiger partial charge < -0.3 is 9.80 Å². The van der Waals surface area contributed by atoms with E-state index in [0.717, 1.165) is 22.6 Å². The van der Waals surface area contributed by atoms with Gasteiger partial charge in [-0.15, -0.1) is 29.4 Å². The number of hydrogen-bond acceptors (Lipinski definition) is 4. The number of rotatable bonds is 4. The van der Waals surface area contributed by atoms with Gasteiger partial charge >= 0.3 is 0 Å². The van der Waals surface area contributed by atoms with Gasteiger partial charge in [-0.05, 0) is 40.3 Å². The van der Waals surface area contributed by atoms with Gasteiger partial charge in [0.1, 0.15) is 0 Å². The third kappa shape index (κ3) is 3.85. The molecule has 3 aromatic carbocycles. The molecule has 0 saturated heterocycles. The fraction of sp³-hybridized carbons (Fsp3) is 0.0370. The molecule has 0 amide bonds. The van der Waals surface area contributed by atoms with E-state index in [1.54, 1.807) is 0 Å². The number of nitrogens with zero attached hydrogens (tertiary/aromatic N) is 3. The minimum absolute atomic E-state index is 0. The normalized spacial score (nSPS) is 13.1. The average Bonchev–Trinajstić information content (AvgIpc) is 3.44. The monoisotopic (exact) mass is 611 g/mol. The maximum atomic E-state index is 4.98. The van der Waals surface area contributed by atoms with Crippen LogP contribution in [0.15, 0.2) is 91.3 Å². The Hall–Kier alpha value is -2.94. The Kier molecular flexibility index (Phi) is 5.82. The number of anilines is 1. The molecule has 1 aliphatic heterocycles. The van der Waals surface area contributed by atoms with Crippen molar-refractivity contribution in [1.82, 2.24) is 9.88 Å². The van der Waals surface area contributed by atoms with E-state index >= 15 is 0 Å². The van der Waals surface area contributed by atoms with E-state index in [1.165, 1.54) is 20.2 Å². The summed E-state index contributed by atoms with van der Waals surface area (Å²) in [6, 6.07) is 33.6. The van der Waals surface area contributed by atoms with Crippen molar-refractivity contribution < 1.29 is 21.1 Å². The zero-order valence-electron chi connectivity index (χ0n) is 17.0. The second kappa shape index (κ2) is 8.89. The summed E-state index contributed by atoms with van der Waals surface area (Å²) >= 11 is 1.81. The summed E-state index contributed by atoms with van der Waals surface area (Å²) in [5.41, 5.74) is 4.07. The van der Waals surface area contributed by atoms with Crippen LogP contribution in [-0.2, 0) is 27.6 Å². The molecule has 0 atom stereocenters. The third-order valence-electron chi connectivity index (χ3n) is 5.41. The van der Waals surface area contributed by atoms with Gasteiger partial charge in [-0.3, -0.25) is 4.98 Å². The Morgan fingerprint density at radius 1 is 0.844 bits per heavy atom. The molecule has 32 heavy (non-hydrogen) atoms. The van der Waals surface area contributed by atoms with Crippen LogP contribution in [0.3, 0.4) is 0 Å². The largest absolute Gasteiger partial charge is 0.503 e. The quantitative estimate of drug-likeness (QED) is 0.213. The topological polar surface area (TPSA) is 19.4 Å². The average molecular weight is 612 g/mol. The molecule has 5 heteroatoms. The summed E-state index contributed by atoms with van der Waals surface area (Å²) in [5, 5.41) is 2.57. The van der Waals surface area contributed by atoms with Crippen LogP contribution in [-0.4, -0.2) is 9.88 Å². The van der Waals surface area contributed by atoms with Gasteiger partial charge in [0.15, 0.2) is 0 Å². The summed E-state index contributed by atoms with van der Waals surface area (Å²) in [4.78, 5) is 9.18. The summed E-state index contributed by atoms with van der Waals surface area (Å²) in [6.07, 6.45) is 4.11. The van der Waals surface area contributed by atoms with E-state index < -0.39 is 0 Å². The van der Waals surface area contributed by atoms with Crippen molar-refractivity contribution in [3.05, 3.63) is 116 Å². The van der Waals surface area contributed by atoms with E-state index in [-0.39, 0.29) is 21.1 Å². The van der Waals surface area contributed by atoms with Crippen molar-refractivity contribution >= 4 is 37.2 Å². The van der Waals surface area contributed by atoms with E-state index in [1.807, 2.05) is 47.9 Å². The first-order valence-corrected chi connectivity index (χ1v) is 11.0. The molecule has 0 saturated carbocycles. The fourth-order valence-electron chi connectivity index (χ4n) is 3.95. The van der Waals surface area contributed by atoms with Crippen LogP contribution >= 0.6 is 11.3 Å². The smallest absolute Gasteiger partial charge is 0.0465 e. The van der Waals surface area contributed by atoms with Crippen molar-refractivity contribution in [3.63, 3.8) is 0 Å². The van der Waals surface area contributed by atoms with Crippen molar-refractivity contribution in [2.75, 3.05) is 4.90 Å². The van der Waals surface area contributed by atoms with Gasteiger partial charge in [0.2, 0.25) is 0 Å². The molecule has 0 unspecified atom stereocenters. The first-order valence-electron chi connectivity index (χ1n) is 10.2. The number of aromatic nitrogens is 1. The molecule has 3 nitrogen and oxygen atoms in total. The Morgan fingerprint density at radius 2 is 1.75 bits per heavy atom. The SMILES string of the molecule is [Pt].[c-]1ccccc1N1C=CN(Cc2cccc(-c3[c-]ccc4c3sc3ccccc34)n2)[CH-]1. The first kappa shape index (κ1) is 20.9. The molecule has 1 aliphatic rings. The van der Waals surface area contributed by atoms with E-state index in [0.29, 0.717) is 6.54 Å². The Bertz CT molecular complexity index is 1410. The fourth-order valence-corrected chi connectivity index (χ4v) is 5.16. The van der Waals surface area contributed by atoms with Gasteiger partial charge in [-0.25, -0.2) is 0 Å². The number of hydrogen-bond donors (Lipinski definition) is 0. The second-order valence-electron chi connectivity index (χ2n) is 7.45. The predicted octanol–water partition coefficient (Wildman–Crippen LogP) is 6.63. The van der Waals surface area contributed by atoms with Gasteiger partial charge in [-0.2, -0.15) is 48.3 Å². The van der Waals surface area contributed by atoms with Crippen LogP contribution < -0.4 is 4.90 Å².